The normalized spacial score (nSPS) is 10.8. The number of nitrogens with zero attached hydrogens (tertiary/aromatic N) is 2. The first-order chi connectivity index (χ1) is 15.3. The van der Waals surface area contributed by atoms with Crippen molar-refractivity contribution in [3.8, 4) is 11.5 Å². The van der Waals surface area contributed by atoms with Gasteiger partial charge in [-0.2, -0.15) is 8.78 Å². The van der Waals surface area contributed by atoms with Crippen molar-refractivity contribution in [2.24, 2.45) is 0 Å². The third-order valence-corrected chi connectivity index (χ3v) is 4.73. The number of aromatic nitrogens is 1. The standard InChI is InChI=1S/C22H24F2N4O4/c1-27(2)20(29)13-28-9-8-15-11-16(5-6-17(15)28)26-22(30)25-12-14-4-7-18(31-3)19(10-14)32-21(23)24/h4-11,21H,12-13H2,1-3H3,(H2,25,26,30). The summed E-state index contributed by atoms with van der Waals surface area (Å²) in [6.45, 7) is -2.66. The largest absolute Gasteiger partial charge is 0.493 e. The van der Waals surface area contributed by atoms with Crippen molar-refractivity contribution >= 4 is 28.5 Å². The van der Waals surface area contributed by atoms with Gasteiger partial charge in [-0.25, -0.2) is 4.79 Å². The third kappa shape index (κ3) is 5.65. The van der Waals surface area contributed by atoms with Gasteiger partial charge >= 0.3 is 12.6 Å². The first kappa shape index (κ1) is 22.9. The third-order valence-electron chi connectivity index (χ3n) is 4.73. The number of anilines is 1. The van der Waals surface area contributed by atoms with Gasteiger partial charge in [0.15, 0.2) is 11.5 Å². The second kappa shape index (κ2) is 9.99. The minimum absolute atomic E-state index is 0.0234. The number of methoxy groups -OCH3 is 1. The number of nitrogens with one attached hydrogen (secondary N) is 2. The zero-order valence-electron chi connectivity index (χ0n) is 17.9. The van der Waals surface area contributed by atoms with Gasteiger partial charge in [-0.3, -0.25) is 4.79 Å². The number of rotatable bonds is 8. The van der Waals surface area contributed by atoms with Crippen molar-refractivity contribution in [2.75, 3.05) is 26.5 Å². The quantitative estimate of drug-likeness (QED) is 0.553. The fourth-order valence-electron chi connectivity index (χ4n) is 3.08. The molecule has 8 nitrogen and oxygen atoms in total. The lowest BCUT2D eigenvalue weighted by atomic mass is 10.2. The van der Waals surface area contributed by atoms with Gasteiger partial charge in [0, 0.05) is 43.4 Å². The molecule has 0 radical (unpaired) electrons. The van der Waals surface area contributed by atoms with E-state index in [2.05, 4.69) is 15.4 Å². The Morgan fingerprint density at radius 2 is 1.88 bits per heavy atom. The van der Waals surface area contributed by atoms with E-state index in [1.807, 2.05) is 22.9 Å². The molecule has 0 aliphatic carbocycles. The Kier molecular flexibility index (Phi) is 7.14. The van der Waals surface area contributed by atoms with Crippen LogP contribution in [0, 0.1) is 0 Å². The molecule has 3 amide bonds. The van der Waals surface area contributed by atoms with Gasteiger partial charge in [0.05, 0.1) is 7.11 Å². The van der Waals surface area contributed by atoms with Gasteiger partial charge in [0.1, 0.15) is 6.54 Å². The zero-order chi connectivity index (χ0) is 23.3. The average molecular weight is 446 g/mol. The summed E-state index contributed by atoms with van der Waals surface area (Å²) in [7, 11) is 4.75. The summed E-state index contributed by atoms with van der Waals surface area (Å²) in [5.41, 5.74) is 2.01. The van der Waals surface area contributed by atoms with E-state index in [0.717, 1.165) is 10.9 Å². The molecule has 1 heterocycles. The molecule has 2 N–H and O–H groups in total. The van der Waals surface area contributed by atoms with Gasteiger partial charge in [-0.15, -0.1) is 0 Å². The number of carbonyl (C=O) groups excluding carboxylic acids is 2. The number of carbonyl (C=O) groups is 2. The Hall–Kier alpha value is -3.82. The number of urea groups is 1. The van der Waals surface area contributed by atoms with Crippen LogP contribution in [0.5, 0.6) is 11.5 Å². The number of hydrogen-bond donors (Lipinski definition) is 2. The number of amides is 3. The molecule has 2 aromatic carbocycles. The molecule has 10 heteroatoms. The molecule has 32 heavy (non-hydrogen) atoms. The van der Waals surface area contributed by atoms with E-state index in [4.69, 9.17) is 4.74 Å². The lowest BCUT2D eigenvalue weighted by molar-refractivity contribution is -0.129. The molecule has 3 aromatic rings. The van der Waals surface area contributed by atoms with Gasteiger partial charge < -0.3 is 29.6 Å². The second-order valence-corrected chi connectivity index (χ2v) is 7.18. The average Bonchev–Trinajstić information content (AvgIpc) is 3.13. The van der Waals surface area contributed by atoms with Crippen LogP contribution < -0.4 is 20.1 Å². The lowest BCUT2D eigenvalue weighted by Crippen LogP contribution is -2.28. The van der Waals surface area contributed by atoms with Crippen molar-refractivity contribution in [3.63, 3.8) is 0 Å². The number of hydrogen-bond acceptors (Lipinski definition) is 4. The number of alkyl halides is 2. The van der Waals surface area contributed by atoms with Crippen LogP contribution >= 0.6 is 0 Å². The summed E-state index contributed by atoms with van der Waals surface area (Å²) >= 11 is 0. The monoisotopic (exact) mass is 446 g/mol. The van der Waals surface area contributed by atoms with Gasteiger partial charge in [-0.05, 0) is 42.0 Å². The van der Waals surface area contributed by atoms with E-state index >= 15 is 0 Å². The van der Waals surface area contributed by atoms with Crippen LogP contribution in [0.25, 0.3) is 10.9 Å². The molecule has 0 fully saturated rings. The van der Waals surface area contributed by atoms with Crippen LogP contribution in [-0.4, -0.2) is 49.2 Å². The predicted octanol–water partition coefficient (Wildman–Crippen LogP) is 3.66. The first-order valence-corrected chi connectivity index (χ1v) is 9.72. The van der Waals surface area contributed by atoms with E-state index < -0.39 is 12.6 Å². The second-order valence-electron chi connectivity index (χ2n) is 7.18. The Bertz CT molecular complexity index is 1110. The molecule has 0 aliphatic heterocycles. The Morgan fingerprint density at radius 3 is 2.56 bits per heavy atom. The van der Waals surface area contributed by atoms with E-state index in [-0.39, 0.29) is 30.5 Å². The zero-order valence-corrected chi connectivity index (χ0v) is 17.9. The summed E-state index contributed by atoms with van der Waals surface area (Å²) in [6.07, 6.45) is 1.82. The summed E-state index contributed by atoms with van der Waals surface area (Å²) in [6, 6.07) is 11.3. The molecule has 3 rings (SSSR count). The van der Waals surface area contributed by atoms with Crippen LogP contribution in [0.2, 0.25) is 0 Å². The molecule has 1 aromatic heterocycles. The Balaban J connectivity index is 1.62. The number of likely N-dealkylation sites (N-methyl/N-ethyl adjacent to an activating group) is 1. The lowest BCUT2D eigenvalue weighted by Gasteiger charge is -2.13. The summed E-state index contributed by atoms with van der Waals surface area (Å²) in [5, 5.41) is 6.27. The smallest absolute Gasteiger partial charge is 0.387 e. The predicted molar refractivity (Wildman–Crippen MR) is 116 cm³/mol. The highest BCUT2D eigenvalue weighted by atomic mass is 19.3. The molecule has 0 aliphatic rings. The van der Waals surface area contributed by atoms with Crippen molar-refractivity contribution in [1.82, 2.24) is 14.8 Å². The minimum atomic E-state index is -2.99. The maximum atomic E-state index is 12.6. The maximum Gasteiger partial charge on any atom is 0.387 e. The van der Waals surface area contributed by atoms with Crippen LogP contribution in [0.4, 0.5) is 19.3 Å². The topological polar surface area (TPSA) is 84.8 Å². The van der Waals surface area contributed by atoms with E-state index in [0.29, 0.717) is 11.3 Å². The van der Waals surface area contributed by atoms with Crippen molar-refractivity contribution in [1.29, 1.82) is 0 Å². The van der Waals surface area contributed by atoms with E-state index in [9.17, 15) is 18.4 Å². The summed E-state index contributed by atoms with van der Waals surface area (Å²) in [4.78, 5) is 25.8. The number of ether oxygens (including phenoxy) is 2. The number of benzene rings is 2. The Morgan fingerprint density at radius 1 is 1.09 bits per heavy atom. The molecule has 170 valence electrons. The molecule has 0 bridgehead atoms. The van der Waals surface area contributed by atoms with Crippen LogP contribution in [0.3, 0.4) is 0 Å². The van der Waals surface area contributed by atoms with Crippen LogP contribution in [-0.2, 0) is 17.9 Å². The van der Waals surface area contributed by atoms with Crippen LogP contribution in [0.1, 0.15) is 5.56 Å². The maximum absolute atomic E-state index is 12.6. The number of fused-ring (bicyclic) bond motifs is 1. The molecular formula is C22H24F2N4O4. The molecule has 0 spiro atoms. The molecule has 0 saturated heterocycles. The van der Waals surface area contributed by atoms with Crippen molar-refractivity contribution in [2.45, 2.75) is 19.7 Å². The van der Waals surface area contributed by atoms with Crippen molar-refractivity contribution < 1.29 is 27.8 Å². The highest BCUT2D eigenvalue weighted by Crippen LogP contribution is 2.29. The summed E-state index contributed by atoms with van der Waals surface area (Å²) in [5.74, 6) is 0.0423. The van der Waals surface area contributed by atoms with Gasteiger partial charge in [0.2, 0.25) is 5.91 Å². The highest BCUT2D eigenvalue weighted by molar-refractivity contribution is 5.93. The minimum Gasteiger partial charge on any atom is -0.493 e. The molecule has 0 atom stereocenters. The molecule has 0 unspecified atom stereocenters. The van der Waals surface area contributed by atoms with E-state index in [1.165, 1.54) is 24.1 Å². The SMILES string of the molecule is COc1ccc(CNC(=O)Nc2ccc3c(ccn3CC(=O)N(C)C)c2)cc1OC(F)F. The summed E-state index contributed by atoms with van der Waals surface area (Å²) < 4.78 is 36.4. The Labute approximate surface area is 183 Å². The first-order valence-electron chi connectivity index (χ1n) is 9.72. The van der Waals surface area contributed by atoms with Crippen molar-refractivity contribution in [3.05, 3.63) is 54.2 Å². The fraction of sp³-hybridized carbons (Fsp3) is 0.273. The molecular weight excluding hydrogens is 422 g/mol. The van der Waals surface area contributed by atoms with Gasteiger partial charge in [-0.1, -0.05) is 6.07 Å². The van der Waals surface area contributed by atoms with Gasteiger partial charge in [0.25, 0.3) is 0 Å². The number of halogens is 2. The van der Waals surface area contributed by atoms with E-state index in [1.54, 1.807) is 32.3 Å². The fourth-order valence-corrected chi connectivity index (χ4v) is 3.08. The van der Waals surface area contributed by atoms with Crippen LogP contribution in [0.15, 0.2) is 48.7 Å². The highest BCUT2D eigenvalue weighted by Gasteiger charge is 2.12. The molecule has 0 saturated carbocycles.